The normalized spacial score (nSPS) is 16.0. The average Bonchev–Trinajstić information content (AvgIpc) is 2.65. The molecule has 0 atom stereocenters. The van der Waals surface area contributed by atoms with E-state index in [0.717, 1.165) is 29.5 Å². The highest BCUT2D eigenvalue weighted by Gasteiger charge is 2.40. The van der Waals surface area contributed by atoms with Gasteiger partial charge in [0.1, 0.15) is 12.1 Å². The first kappa shape index (κ1) is 17.8. The number of hydrogen-bond donors (Lipinski definition) is 2. The van der Waals surface area contributed by atoms with Gasteiger partial charge in [0.25, 0.3) is 5.56 Å². The summed E-state index contributed by atoms with van der Waals surface area (Å²) in [5.41, 5.74) is -0.247. The van der Waals surface area contributed by atoms with Crippen LogP contribution in [0.2, 0.25) is 0 Å². The fourth-order valence-corrected chi connectivity index (χ4v) is 3.32. The minimum absolute atomic E-state index is 0.311. The summed E-state index contributed by atoms with van der Waals surface area (Å²) in [6.07, 6.45) is 3.29. The van der Waals surface area contributed by atoms with Gasteiger partial charge in [-0.15, -0.1) is 0 Å². The van der Waals surface area contributed by atoms with Crippen molar-refractivity contribution in [2.45, 2.75) is 44.2 Å². The molecule has 136 valence electrons. The van der Waals surface area contributed by atoms with E-state index in [1.165, 1.54) is 6.07 Å². The third-order valence-electron chi connectivity index (χ3n) is 4.72. The SMILES string of the molecule is O=C(Cn1nc(-c2ccccc2)ccc1=O)NC1(C(=O)O)CCCCC1. The molecule has 0 saturated heterocycles. The van der Waals surface area contributed by atoms with Crippen molar-refractivity contribution in [3.63, 3.8) is 0 Å². The lowest BCUT2D eigenvalue weighted by molar-refractivity contribution is -0.149. The predicted octanol–water partition coefficient (Wildman–Crippen LogP) is 1.81. The molecule has 1 aliphatic carbocycles. The lowest BCUT2D eigenvalue weighted by atomic mass is 9.81. The molecule has 3 rings (SSSR count). The Morgan fingerprint density at radius 3 is 2.42 bits per heavy atom. The van der Waals surface area contributed by atoms with E-state index in [9.17, 15) is 19.5 Å². The molecule has 0 radical (unpaired) electrons. The van der Waals surface area contributed by atoms with Crippen molar-refractivity contribution >= 4 is 11.9 Å². The van der Waals surface area contributed by atoms with Crippen LogP contribution in [0.4, 0.5) is 0 Å². The fourth-order valence-electron chi connectivity index (χ4n) is 3.32. The summed E-state index contributed by atoms with van der Waals surface area (Å²) < 4.78 is 1.07. The number of amides is 1. The third kappa shape index (κ3) is 3.82. The van der Waals surface area contributed by atoms with Gasteiger partial charge in [-0.1, -0.05) is 49.6 Å². The van der Waals surface area contributed by atoms with Gasteiger partial charge in [-0.2, -0.15) is 5.10 Å². The second-order valence-electron chi connectivity index (χ2n) is 6.58. The average molecular weight is 355 g/mol. The summed E-state index contributed by atoms with van der Waals surface area (Å²) in [5, 5.41) is 16.4. The first-order valence-corrected chi connectivity index (χ1v) is 8.68. The van der Waals surface area contributed by atoms with E-state index in [2.05, 4.69) is 10.4 Å². The molecule has 1 amide bonds. The van der Waals surface area contributed by atoms with E-state index in [1.807, 2.05) is 30.3 Å². The molecule has 2 aromatic rings. The maximum Gasteiger partial charge on any atom is 0.329 e. The Morgan fingerprint density at radius 2 is 1.77 bits per heavy atom. The molecule has 1 saturated carbocycles. The molecule has 7 nitrogen and oxygen atoms in total. The molecule has 0 bridgehead atoms. The number of nitrogens with one attached hydrogen (secondary N) is 1. The van der Waals surface area contributed by atoms with Gasteiger partial charge in [0.15, 0.2) is 0 Å². The van der Waals surface area contributed by atoms with Crippen LogP contribution in [0.15, 0.2) is 47.3 Å². The molecule has 1 heterocycles. The Bertz CT molecular complexity index is 855. The van der Waals surface area contributed by atoms with Crippen molar-refractivity contribution in [2.75, 3.05) is 0 Å². The third-order valence-corrected chi connectivity index (χ3v) is 4.72. The number of carboxylic acid groups (broad SMARTS) is 1. The Morgan fingerprint density at radius 1 is 1.08 bits per heavy atom. The van der Waals surface area contributed by atoms with E-state index in [4.69, 9.17) is 0 Å². The molecular weight excluding hydrogens is 334 g/mol. The highest BCUT2D eigenvalue weighted by atomic mass is 16.4. The molecule has 0 unspecified atom stereocenters. The molecule has 1 aromatic carbocycles. The number of carbonyl (C=O) groups excluding carboxylic acids is 1. The zero-order chi connectivity index (χ0) is 18.6. The van der Waals surface area contributed by atoms with E-state index in [-0.39, 0.29) is 6.54 Å². The van der Waals surface area contributed by atoms with Crippen molar-refractivity contribution in [3.05, 3.63) is 52.8 Å². The molecule has 0 spiro atoms. The van der Waals surface area contributed by atoms with Crippen molar-refractivity contribution < 1.29 is 14.7 Å². The Labute approximate surface area is 150 Å². The van der Waals surface area contributed by atoms with Crippen LogP contribution in [-0.4, -0.2) is 32.3 Å². The molecule has 1 fully saturated rings. The van der Waals surface area contributed by atoms with E-state index >= 15 is 0 Å². The van der Waals surface area contributed by atoms with Crippen molar-refractivity contribution in [1.82, 2.24) is 15.1 Å². The lowest BCUT2D eigenvalue weighted by Gasteiger charge is -2.33. The monoisotopic (exact) mass is 355 g/mol. The summed E-state index contributed by atoms with van der Waals surface area (Å²) in [5.74, 6) is -1.54. The second kappa shape index (κ2) is 7.51. The molecule has 1 aromatic heterocycles. The summed E-state index contributed by atoms with van der Waals surface area (Å²) in [6, 6.07) is 12.3. The van der Waals surface area contributed by atoms with Crippen LogP contribution >= 0.6 is 0 Å². The van der Waals surface area contributed by atoms with Crippen LogP contribution in [0.5, 0.6) is 0 Å². The van der Waals surface area contributed by atoms with Crippen LogP contribution in [0.1, 0.15) is 32.1 Å². The van der Waals surface area contributed by atoms with Gasteiger partial charge in [0.05, 0.1) is 5.69 Å². The van der Waals surface area contributed by atoms with E-state index in [0.29, 0.717) is 18.5 Å². The molecule has 2 N–H and O–H groups in total. The standard InChI is InChI=1S/C19H21N3O4/c23-16(20-19(18(25)26)11-5-2-6-12-19)13-22-17(24)10-9-15(21-22)14-7-3-1-4-8-14/h1,3-4,7-10H,2,5-6,11-13H2,(H,20,23)(H,25,26). The Balaban J connectivity index is 1.79. The zero-order valence-corrected chi connectivity index (χ0v) is 14.4. The molecular formula is C19H21N3O4. The molecule has 26 heavy (non-hydrogen) atoms. The van der Waals surface area contributed by atoms with E-state index < -0.39 is 23.0 Å². The maximum absolute atomic E-state index is 12.4. The van der Waals surface area contributed by atoms with Gasteiger partial charge in [-0.25, -0.2) is 9.48 Å². The summed E-state index contributed by atoms with van der Waals surface area (Å²) in [6.45, 7) is -0.311. The van der Waals surface area contributed by atoms with Crippen molar-refractivity contribution in [2.24, 2.45) is 0 Å². The minimum atomic E-state index is -1.24. The Kier molecular flexibility index (Phi) is 5.16. The number of carbonyl (C=O) groups is 2. The van der Waals surface area contributed by atoms with Crippen LogP contribution in [0.3, 0.4) is 0 Å². The van der Waals surface area contributed by atoms with Gasteiger partial charge >= 0.3 is 5.97 Å². The molecule has 7 heteroatoms. The number of aromatic nitrogens is 2. The van der Waals surface area contributed by atoms with Gasteiger partial charge in [0.2, 0.25) is 5.91 Å². The molecule has 1 aliphatic rings. The number of nitrogens with zero attached hydrogens (tertiary/aromatic N) is 2. The zero-order valence-electron chi connectivity index (χ0n) is 14.4. The molecule has 0 aliphatic heterocycles. The fraction of sp³-hybridized carbons (Fsp3) is 0.368. The predicted molar refractivity (Wildman–Crippen MR) is 95.5 cm³/mol. The van der Waals surface area contributed by atoms with Crippen molar-refractivity contribution in [3.8, 4) is 11.3 Å². The smallest absolute Gasteiger partial charge is 0.329 e. The Hall–Kier alpha value is -2.96. The maximum atomic E-state index is 12.4. The van der Waals surface area contributed by atoms with Crippen LogP contribution in [0, 0.1) is 0 Å². The highest BCUT2D eigenvalue weighted by molar-refractivity contribution is 5.87. The number of hydrogen-bond acceptors (Lipinski definition) is 4. The van der Waals surface area contributed by atoms with Gasteiger partial charge in [0, 0.05) is 11.6 Å². The lowest BCUT2D eigenvalue weighted by Crippen LogP contribution is -2.56. The number of carboxylic acids is 1. The first-order valence-electron chi connectivity index (χ1n) is 8.68. The van der Waals surface area contributed by atoms with Gasteiger partial charge in [-0.3, -0.25) is 9.59 Å². The minimum Gasteiger partial charge on any atom is -0.480 e. The first-order chi connectivity index (χ1) is 12.5. The quantitative estimate of drug-likeness (QED) is 0.852. The van der Waals surface area contributed by atoms with Crippen LogP contribution < -0.4 is 10.9 Å². The summed E-state index contributed by atoms with van der Waals surface area (Å²) in [4.78, 5) is 36.1. The van der Waals surface area contributed by atoms with Gasteiger partial charge in [-0.05, 0) is 18.9 Å². The van der Waals surface area contributed by atoms with Crippen LogP contribution in [0.25, 0.3) is 11.3 Å². The number of rotatable bonds is 5. The van der Waals surface area contributed by atoms with Gasteiger partial charge < -0.3 is 10.4 Å². The number of benzene rings is 1. The largest absolute Gasteiger partial charge is 0.480 e. The van der Waals surface area contributed by atoms with E-state index in [1.54, 1.807) is 6.07 Å². The summed E-state index contributed by atoms with van der Waals surface area (Å²) >= 11 is 0. The number of aliphatic carboxylic acids is 1. The van der Waals surface area contributed by atoms with Crippen LogP contribution in [-0.2, 0) is 16.1 Å². The highest BCUT2D eigenvalue weighted by Crippen LogP contribution is 2.28. The topological polar surface area (TPSA) is 101 Å². The summed E-state index contributed by atoms with van der Waals surface area (Å²) in [7, 11) is 0. The van der Waals surface area contributed by atoms with Crippen molar-refractivity contribution in [1.29, 1.82) is 0 Å². The second-order valence-corrected chi connectivity index (χ2v) is 6.58.